The number of Topliss-reactive ketones (excluding diaryl/α,β-unsaturated/α-hetero) is 1. The molecule has 3 atom stereocenters. The van der Waals surface area contributed by atoms with Gasteiger partial charge >= 0.3 is 0 Å². The van der Waals surface area contributed by atoms with Gasteiger partial charge in [-0.3, -0.25) is 4.79 Å². The third-order valence-electron chi connectivity index (χ3n) is 3.85. The average molecular weight is 179 g/mol. The van der Waals surface area contributed by atoms with Gasteiger partial charge in [-0.25, -0.2) is 0 Å². The van der Waals surface area contributed by atoms with Crippen molar-refractivity contribution in [3.05, 3.63) is 6.92 Å². The number of rotatable bonds is 0. The van der Waals surface area contributed by atoms with Crippen molar-refractivity contribution in [3.8, 4) is 0 Å². The van der Waals surface area contributed by atoms with Crippen molar-refractivity contribution in [2.45, 2.75) is 44.9 Å². The summed E-state index contributed by atoms with van der Waals surface area (Å²) in [5.41, 5.74) is 0. The van der Waals surface area contributed by atoms with Crippen LogP contribution in [0.2, 0.25) is 0 Å². The summed E-state index contributed by atoms with van der Waals surface area (Å²) in [6.07, 6.45) is 8.01. The van der Waals surface area contributed by atoms with Gasteiger partial charge in [-0.1, -0.05) is 19.3 Å². The summed E-state index contributed by atoms with van der Waals surface area (Å²) in [7, 11) is 0. The Morgan fingerprint density at radius 2 is 1.92 bits per heavy atom. The maximum Gasteiger partial charge on any atom is 0.133 e. The van der Waals surface area contributed by atoms with Crippen molar-refractivity contribution < 1.29 is 4.79 Å². The quantitative estimate of drug-likeness (QED) is 0.558. The van der Waals surface area contributed by atoms with Gasteiger partial charge in [0.05, 0.1) is 0 Å². The maximum atomic E-state index is 11.5. The van der Waals surface area contributed by atoms with Crippen LogP contribution in [0.5, 0.6) is 0 Å². The van der Waals surface area contributed by atoms with Gasteiger partial charge in [-0.05, 0) is 37.5 Å². The molecule has 2 fully saturated rings. The summed E-state index contributed by atoms with van der Waals surface area (Å²) in [5, 5.41) is 0. The van der Waals surface area contributed by atoms with Crippen LogP contribution in [0.1, 0.15) is 44.9 Å². The minimum absolute atomic E-state index is 0.489. The highest BCUT2D eigenvalue weighted by molar-refractivity contribution is 5.78. The van der Waals surface area contributed by atoms with Gasteiger partial charge in [0.15, 0.2) is 0 Å². The normalized spacial score (nSPS) is 41.0. The highest BCUT2D eigenvalue weighted by atomic mass is 16.1. The van der Waals surface area contributed by atoms with Gasteiger partial charge in [-0.15, -0.1) is 0 Å². The highest BCUT2D eigenvalue weighted by Gasteiger charge is 2.33. The first kappa shape index (κ1) is 9.23. The molecule has 73 valence electrons. The van der Waals surface area contributed by atoms with E-state index in [0.717, 1.165) is 25.2 Å². The molecule has 0 aromatic carbocycles. The standard InChI is InChI=1S/C12H19O/c1-9-4-2-5-10-6-3-7-11(13)8-12(9)10/h9-10,12H,1-8H2. The van der Waals surface area contributed by atoms with Crippen LogP contribution in [0.4, 0.5) is 0 Å². The Bertz CT molecular complexity index is 197. The van der Waals surface area contributed by atoms with E-state index in [1.807, 2.05) is 0 Å². The van der Waals surface area contributed by atoms with E-state index in [4.69, 9.17) is 0 Å². The molecule has 3 unspecified atom stereocenters. The van der Waals surface area contributed by atoms with Crippen molar-refractivity contribution in [2.24, 2.45) is 17.8 Å². The topological polar surface area (TPSA) is 17.1 Å². The Hall–Kier alpha value is -0.330. The first-order valence-electron chi connectivity index (χ1n) is 5.62. The number of ketones is 1. The molecule has 13 heavy (non-hydrogen) atoms. The number of carbonyl (C=O) groups is 1. The third-order valence-corrected chi connectivity index (χ3v) is 3.85. The molecule has 0 heterocycles. The Labute approximate surface area is 80.9 Å². The molecule has 1 radical (unpaired) electrons. The van der Waals surface area contributed by atoms with Gasteiger partial charge in [0, 0.05) is 12.8 Å². The average Bonchev–Trinajstić information content (AvgIpc) is 2.28. The molecule has 2 saturated carbocycles. The Morgan fingerprint density at radius 1 is 1.15 bits per heavy atom. The van der Waals surface area contributed by atoms with Gasteiger partial charge in [-0.2, -0.15) is 0 Å². The fourth-order valence-corrected chi connectivity index (χ4v) is 3.07. The molecule has 1 heteroatoms. The van der Waals surface area contributed by atoms with E-state index in [0.29, 0.717) is 17.6 Å². The van der Waals surface area contributed by atoms with Crippen molar-refractivity contribution >= 4 is 5.78 Å². The van der Waals surface area contributed by atoms with Crippen LogP contribution in [0.15, 0.2) is 0 Å². The van der Waals surface area contributed by atoms with Gasteiger partial charge in [0.25, 0.3) is 0 Å². The largest absolute Gasteiger partial charge is 0.300 e. The van der Waals surface area contributed by atoms with E-state index >= 15 is 0 Å². The van der Waals surface area contributed by atoms with E-state index in [-0.39, 0.29) is 0 Å². The van der Waals surface area contributed by atoms with Gasteiger partial charge < -0.3 is 0 Å². The minimum Gasteiger partial charge on any atom is -0.300 e. The van der Waals surface area contributed by atoms with E-state index in [1.54, 1.807) is 0 Å². The van der Waals surface area contributed by atoms with Crippen molar-refractivity contribution in [3.63, 3.8) is 0 Å². The number of carbonyl (C=O) groups excluding carboxylic acids is 1. The van der Waals surface area contributed by atoms with Crippen LogP contribution in [0.25, 0.3) is 0 Å². The molecular weight excluding hydrogens is 160 g/mol. The fourth-order valence-electron chi connectivity index (χ4n) is 3.07. The summed E-state index contributed by atoms with van der Waals surface area (Å²) in [4.78, 5) is 11.5. The summed E-state index contributed by atoms with van der Waals surface area (Å²) in [6.45, 7) is 4.21. The zero-order valence-electron chi connectivity index (χ0n) is 8.30. The molecule has 2 aliphatic carbocycles. The third kappa shape index (κ3) is 1.95. The van der Waals surface area contributed by atoms with Crippen LogP contribution in [0, 0.1) is 24.7 Å². The second-order valence-corrected chi connectivity index (χ2v) is 4.75. The molecule has 0 aliphatic heterocycles. The molecule has 2 aliphatic rings. The summed E-state index contributed by atoms with van der Waals surface area (Å²) >= 11 is 0. The first-order valence-corrected chi connectivity index (χ1v) is 5.62. The van der Waals surface area contributed by atoms with Gasteiger partial charge in [0.1, 0.15) is 5.78 Å². The first-order chi connectivity index (χ1) is 6.27. The molecule has 0 spiro atoms. The van der Waals surface area contributed by atoms with Crippen LogP contribution < -0.4 is 0 Å². The van der Waals surface area contributed by atoms with Crippen molar-refractivity contribution in [2.75, 3.05) is 0 Å². The molecule has 2 rings (SSSR count). The van der Waals surface area contributed by atoms with Crippen LogP contribution in [0.3, 0.4) is 0 Å². The van der Waals surface area contributed by atoms with Crippen molar-refractivity contribution in [1.82, 2.24) is 0 Å². The van der Waals surface area contributed by atoms with Gasteiger partial charge in [0.2, 0.25) is 0 Å². The summed E-state index contributed by atoms with van der Waals surface area (Å²) in [6, 6.07) is 0. The summed E-state index contributed by atoms with van der Waals surface area (Å²) < 4.78 is 0. The monoisotopic (exact) mass is 179 g/mol. The lowest BCUT2D eigenvalue weighted by Gasteiger charge is -2.34. The van der Waals surface area contributed by atoms with Crippen molar-refractivity contribution in [1.29, 1.82) is 0 Å². The smallest absolute Gasteiger partial charge is 0.133 e. The summed E-state index contributed by atoms with van der Waals surface area (Å²) in [5.74, 6) is 2.50. The zero-order chi connectivity index (χ0) is 9.26. The Morgan fingerprint density at radius 3 is 2.77 bits per heavy atom. The lowest BCUT2D eigenvalue weighted by molar-refractivity contribution is -0.120. The zero-order valence-corrected chi connectivity index (χ0v) is 8.30. The highest BCUT2D eigenvalue weighted by Crippen LogP contribution is 2.41. The fraction of sp³-hybridized carbons (Fsp3) is 0.833. The Balaban J connectivity index is 2.07. The minimum atomic E-state index is 0.489. The van der Waals surface area contributed by atoms with Crippen LogP contribution >= 0.6 is 0 Å². The molecule has 0 amide bonds. The number of fused-ring (bicyclic) bond motifs is 1. The molecule has 0 aromatic heterocycles. The predicted octanol–water partition coefficient (Wildman–Crippen LogP) is 3.00. The lowest BCUT2D eigenvalue weighted by atomic mass is 9.70. The molecule has 0 saturated heterocycles. The van der Waals surface area contributed by atoms with Crippen LogP contribution in [-0.4, -0.2) is 5.78 Å². The second kappa shape index (κ2) is 3.81. The Kier molecular flexibility index (Phi) is 2.71. The number of hydrogen-bond donors (Lipinski definition) is 0. The lowest BCUT2D eigenvalue weighted by Crippen LogP contribution is -2.27. The van der Waals surface area contributed by atoms with E-state index < -0.39 is 0 Å². The van der Waals surface area contributed by atoms with E-state index in [2.05, 4.69) is 6.92 Å². The number of hydrogen-bond acceptors (Lipinski definition) is 1. The molecular formula is C12H19O. The SMILES string of the molecule is [CH2]C1CCCC2CCCC(=O)CC12. The molecule has 0 bridgehead atoms. The van der Waals surface area contributed by atoms with Crippen LogP contribution in [-0.2, 0) is 4.79 Å². The molecule has 0 N–H and O–H groups in total. The molecule has 1 nitrogen and oxygen atoms in total. The second-order valence-electron chi connectivity index (χ2n) is 4.75. The molecule has 0 aromatic rings. The maximum absolute atomic E-state index is 11.5. The van der Waals surface area contributed by atoms with E-state index in [1.165, 1.54) is 25.7 Å². The predicted molar refractivity (Wildman–Crippen MR) is 53.2 cm³/mol. The van der Waals surface area contributed by atoms with E-state index in [9.17, 15) is 4.79 Å².